The van der Waals surface area contributed by atoms with E-state index in [1.54, 1.807) is 0 Å². The van der Waals surface area contributed by atoms with Crippen molar-refractivity contribution in [3.05, 3.63) is 0 Å². The molecule has 0 radical (unpaired) electrons. The van der Waals surface area contributed by atoms with E-state index in [-0.39, 0.29) is 0 Å². The van der Waals surface area contributed by atoms with Gasteiger partial charge in [-0.05, 0) is 12.1 Å². The third-order valence-corrected chi connectivity index (χ3v) is 7.61. The van der Waals surface area contributed by atoms with Gasteiger partial charge in [0.2, 0.25) is 7.38 Å². The van der Waals surface area contributed by atoms with E-state index in [4.69, 9.17) is 11.1 Å². The molecular formula is C9H19ClSi2. The number of rotatable bonds is 2. The highest BCUT2D eigenvalue weighted by molar-refractivity contribution is 7.25. The monoisotopic (exact) mass is 218 g/mol. The SMILES string of the molecule is CC[Si](Cl)(C#C[Si](C)(C)C)CC. The smallest absolute Gasteiger partial charge is 0.150 e. The van der Waals surface area contributed by atoms with E-state index in [1.165, 1.54) is 0 Å². The largest absolute Gasteiger partial charge is 0.232 e. The molecule has 0 spiro atoms. The Labute approximate surface area is 83.4 Å². The van der Waals surface area contributed by atoms with Crippen molar-refractivity contribution in [2.45, 2.75) is 45.6 Å². The van der Waals surface area contributed by atoms with Crippen LogP contribution in [0.3, 0.4) is 0 Å². The van der Waals surface area contributed by atoms with E-state index in [2.05, 4.69) is 44.6 Å². The lowest BCUT2D eigenvalue weighted by atomic mass is 10.9. The summed E-state index contributed by atoms with van der Waals surface area (Å²) in [5.74, 6) is 0. The molecule has 0 aromatic carbocycles. The zero-order valence-corrected chi connectivity index (χ0v) is 11.5. The molecule has 0 aliphatic carbocycles. The minimum Gasteiger partial charge on any atom is -0.150 e. The second-order valence-electron chi connectivity index (χ2n) is 4.17. The first kappa shape index (κ1) is 12.3. The minimum absolute atomic E-state index is 1.07. The van der Waals surface area contributed by atoms with Gasteiger partial charge < -0.3 is 0 Å². The van der Waals surface area contributed by atoms with Crippen molar-refractivity contribution < 1.29 is 0 Å². The third-order valence-electron chi connectivity index (χ3n) is 1.78. The van der Waals surface area contributed by atoms with Crippen molar-refractivity contribution in [3.8, 4) is 11.1 Å². The van der Waals surface area contributed by atoms with E-state index in [0.29, 0.717) is 0 Å². The van der Waals surface area contributed by atoms with E-state index in [1.807, 2.05) is 0 Å². The van der Waals surface area contributed by atoms with Gasteiger partial charge in [0.15, 0.2) is 0 Å². The predicted molar refractivity (Wildman–Crippen MR) is 63.7 cm³/mol. The van der Waals surface area contributed by atoms with Crippen LogP contribution in [0.1, 0.15) is 13.8 Å². The van der Waals surface area contributed by atoms with Gasteiger partial charge >= 0.3 is 0 Å². The van der Waals surface area contributed by atoms with Crippen LogP contribution in [0.4, 0.5) is 0 Å². The van der Waals surface area contributed by atoms with Crippen LogP contribution >= 0.6 is 11.1 Å². The number of halogens is 1. The fraction of sp³-hybridized carbons (Fsp3) is 0.778. The van der Waals surface area contributed by atoms with Crippen molar-refractivity contribution >= 4 is 26.5 Å². The van der Waals surface area contributed by atoms with Crippen molar-refractivity contribution in [1.29, 1.82) is 0 Å². The Morgan fingerprint density at radius 2 is 1.42 bits per heavy atom. The molecule has 0 amide bonds. The first-order chi connectivity index (χ1) is 5.33. The quantitative estimate of drug-likeness (QED) is 0.377. The maximum absolute atomic E-state index is 6.40. The first-order valence-electron chi connectivity index (χ1n) is 4.56. The molecule has 70 valence electrons. The molecule has 0 aliphatic heterocycles. The standard InChI is InChI=1S/C9H19ClSi2/c1-6-12(10,7-2)9-8-11(3,4)5/h6-7H2,1-5H3. The maximum atomic E-state index is 6.40. The average molecular weight is 219 g/mol. The molecule has 0 N–H and O–H groups in total. The van der Waals surface area contributed by atoms with Crippen molar-refractivity contribution in [2.24, 2.45) is 0 Å². The summed E-state index contributed by atoms with van der Waals surface area (Å²) >= 11 is 6.40. The third kappa shape index (κ3) is 5.02. The summed E-state index contributed by atoms with van der Waals surface area (Å²) in [6, 6.07) is 2.14. The average Bonchev–Trinajstić information content (AvgIpc) is 1.99. The van der Waals surface area contributed by atoms with Gasteiger partial charge in [-0.2, -0.15) is 11.1 Å². The fourth-order valence-corrected chi connectivity index (χ4v) is 4.40. The number of hydrogen-bond acceptors (Lipinski definition) is 0. The van der Waals surface area contributed by atoms with Crippen LogP contribution in [0, 0.1) is 11.1 Å². The molecule has 0 aliphatic rings. The minimum atomic E-state index is -1.66. The number of hydrogen-bond donors (Lipinski definition) is 0. The molecule has 0 aromatic heterocycles. The molecule has 3 heteroatoms. The molecule has 0 saturated carbocycles. The Bertz CT molecular complexity index is 191. The van der Waals surface area contributed by atoms with Crippen LogP contribution in [0.25, 0.3) is 0 Å². The summed E-state index contributed by atoms with van der Waals surface area (Å²) in [6.07, 6.45) is 0. The zero-order valence-electron chi connectivity index (χ0n) is 8.79. The molecule has 0 atom stereocenters. The van der Waals surface area contributed by atoms with Gasteiger partial charge in [-0.1, -0.05) is 33.5 Å². The van der Waals surface area contributed by atoms with Gasteiger partial charge in [0.25, 0.3) is 0 Å². The summed E-state index contributed by atoms with van der Waals surface area (Å²) < 4.78 is 0. The van der Waals surface area contributed by atoms with Gasteiger partial charge in [-0.25, -0.2) is 0 Å². The van der Waals surface area contributed by atoms with Crippen molar-refractivity contribution in [1.82, 2.24) is 0 Å². The summed E-state index contributed by atoms with van der Waals surface area (Å²) in [5.41, 5.74) is 6.73. The Morgan fingerprint density at radius 1 is 1.00 bits per heavy atom. The van der Waals surface area contributed by atoms with Gasteiger partial charge in [0.1, 0.15) is 8.07 Å². The highest BCUT2D eigenvalue weighted by Gasteiger charge is 2.24. The topological polar surface area (TPSA) is 0 Å². The molecule has 0 fully saturated rings. The normalized spacial score (nSPS) is 12.2. The van der Waals surface area contributed by atoms with E-state index in [9.17, 15) is 0 Å². The van der Waals surface area contributed by atoms with Crippen LogP contribution in [-0.2, 0) is 0 Å². The molecule has 0 aromatic rings. The maximum Gasteiger partial charge on any atom is 0.232 e. The van der Waals surface area contributed by atoms with Crippen molar-refractivity contribution in [3.63, 3.8) is 0 Å². The Hall–Kier alpha value is 0.284. The Balaban J connectivity index is 4.46. The van der Waals surface area contributed by atoms with Crippen LogP contribution in [0.2, 0.25) is 31.7 Å². The Morgan fingerprint density at radius 3 is 1.67 bits per heavy atom. The summed E-state index contributed by atoms with van der Waals surface area (Å²) in [7, 11) is -2.87. The lowest BCUT2D eigenvalue weighted by molar-refractivity contribution is 1.32. The highest BCUT2D eigenvalue weighted by atomic mass is 35.6. The highest BCUT2D eigenvalue weighted by Crippen LogP contribution is 2.18. The van der Waals surface area contributed by atoms with Gasteiger partial charge in [-0.3, -0.25) is 0 Å². The molecular weight excluding hydrogens is 200 g/mol. The van der Waals surface area contributed by atoms with Crippen LogP contribution < -0.4 is 0 Å². The van der Waals surface area contributed by atoms with Gasteiger partial charge in [0, 0.05) is 0 Å². The molecule has 0 unspecified atom stereocenters. The van der Waals surface area contributed by atoms with Gasteiger partial charge in [0.05, 0.1) is 0 Å². The predicted octanol–water partition coefficient (Wildman–Crippen LogP) is 3.63. The van der Waals surface area contributed by atoms with E-state index in [0.717, 1.165) is 12.1 Å². The second-order valence-corrected chi connectivity index (χ2v) is 14.7. The van der Waals surface area contributed by atoms with Gasteiger partial charge in [-0.15, -0.1) is 11.1 Å². The summed E-state index contributed by atoms with van der Waals surface area (Å²) in [6.45, 7) is 11.1. The summed E-state index contributed by atoms with van der Waals surface area (Å²) in [4.78, 5) is 0. The molecule has 0 heterocycles. The van der Waals surface area contributed by atoms with E-state index < -0.39 is 15.5 Å². The van der Waals surface area contributed by atoms with E-state index >= 15 is 0 Å². The van der Waals surface area contributed by atoms with Crippen LogP contribution in [-0.4, -0.2) is 15.5 Å². The lowest BCUT2D eigenvalue weighted by Gasteiger charge is -2.14. The lowest BCUT2D eigenvalue weighted by Crippen LogP contribution is -2.25. The second kappa shape index (κ2) is 4.50. The first-order valence-corrected chi connectivity index (χ1v) is 11.5. The zero-order chi connectivity index (χ0) is 9.83. The Kier molecular flexibility index (Phi) is 4.61. The molecule has 0 bridgehead atoms. The fourth-order valence-electron chi connectivity index (χ4n) is 0.726. The molecule has 0 rings (SSSR count). The molecule has 0 saturated heterocycles. The molecule has 0 nitrogen and oxygen atoms in total. The van der Waals surface area contributed by atoms with Crippen LogP contribution in [0.15, 0.2) is 0 Å². The van der Waals surface area contributed by atoms with Crippen LogP contribution in [0.5, 0.6) is 0 Å². The summed E-state index contributed by atoms with van der Waals surface area (Å²) in [5, 5.41) is 0. The van der Waals surface area contributed by atoms with Crippen molar-refractivity contribution in [2.75, 3.05) is 0 Å². The molecule has 12 heavy (non-hydrogen) atoms.